The van der Waals surface area contributed by atoms with Crippen molar-refractivity contribution in [2.75, 3.05) is 18.5 Å². The van der Waals surface area contributed by atoms with Gasteiger partial charge < -0.3 is 20.1 Å². The first-order valence-electron chi connectivity index (χ1n) is 9.62. The van der Waals surface area contributed by atoms with E-state index in [4.69, 9.17) is 9.47 Å². The number of carbonyl (C=O) groups excluding carboxylic acids is 4. The SMILES string of the molecule is CCOc1ccc(NC(=O)[C@@H](C)OC(=O)CN2C(=O)N[C@@](C)(C3CC3)C2=O)cc1. The number of hydrogen-bond donors (Lipinski definition) is 2. The number of hydrogen-bond acceptors (Lipinski definition) is 6. The van der Waals surface area contributed by atoms with Gasteiger partial charge in [-0.15, -0.1) is 0 Å². The smallest absolute Gasteiger partial charge is 0.327 e. The van der Waals surface area contributed by atoms with Gasteiger partial charge in [-0.3, -0.25) is 19.3 Å². The zero-order valence-corrected chi connectivity index (χ0v) is 16.7. The molecular formula is C20H25N3O6. The molecule has 2 atom stereocenters. The molecule has 1 aliphatic heterocycles. The van der Waals surface area contributed by atoms with E-state index in [1.54, 1.807) is 31.2 Å². The fourth-order valence-corrected chi connectivity index (χ4v) is 3.26. The summed E-state index contributed by atoms with van der Waals surface area (Å²) >= 11 is 0. The van der Waals surface area contributed by atoms with Crippen LogP contribution < -0.4 is 15.4 Å². The number of benzene rings is 1. The first kappa shape index (κ1) is 20.6. The van der Waals surface area contributed by atoms with Crippen molar-refractivity contribution in [2.45, 2.75) is 45.3 Å². The summed E-state index contributed by atoms with van der Waals surface area (Å²) in [5.41, 5.74) is -0.441. The van der Waals surface area contributed by atoms with Crippen LogP contribution in [0.1, 0.15) is 33.6 Å². The summed E-state index contributed by atoms with van der Waals surface area (Å²) in [6.07, 6.45) is 0.636. The lowest BCUT2D eigenvalue weighted by Crippen LogP contribution is -2.46. The molecule has 0 unspecified atom stereocenters. The zero-order valence-electron chi connectivity index (χ0n) is 16.7. The molecule has 2 aliphatic rings. The van der Waals surface area contributed by atoms with Crippen molar-refractivity contribution in [3.8, 4) is 5.75 Å². The van der Waals surface area contributed by atoms with Gasteiger partial charge in [0.1, 0.15) is 17.8 Å². The fourth-order valence-electron chi connectivity index (χ4n) is 3.26. The highest BCUT2D eigenvalue weighted by atomic mass is 16.5. The largest absolute Gasteiger partial charge is 0.494 e. The standard InChI is InChI=1S/C20H25N3O6/c1-4-28-15-9-7-14(8-10-15)21-17(25)12(2)29-16(24)11-23-18(26)20(3,13-5-6-13)22-19(23)27/h7-10,12-13H,4-6,11H2,1-3H3,(H,21,25)(H,22,27)/t12-,20+/m1/s1. The van der Waals surface area contributed by atoms with Gasteiger partial charge in [0, 0.05) is 5.69 Å². The Morgan fingerprint density at radius 3 is 2.52 bits per heavy atom. The van der Waals surface area contributed by atoms with Gasteiger partial charge in [0.2, 0.25) is 0 Å². The van der Waals surface area contributed by atoms with E-state index in [0.717, 1.165) is 17.7 Å². The molecule has 29 heavy (non-hydrogen) atoms. The quantitative estimate of drug-likeness (QED) is 0.504. The van der Waals surface area contributed by atoms with Crippen molar-refractivity contribution in [1.29, 1.82) is 0 Å². The minimum Gasteiger partial charge on any atom is -0.494 e. The van der Waals surface area contributed by atoms with E-state index in [9.17, 15) is 19.2 Å². The molecule has 0 bridgehead atoms. The van der Waals surface area contributed by atoms with Crippen molar-refractivity contribution in [3.63, 3.8) is 0 Å². The number of anilines is 1. The molecule has 9 heteroatoms. The Kier molecular flexibility index (Phi) is 5.76. The topological polar surface area (TPSA) is 114 Å². The van der Waals surface area contributed by atoms with Crippen molar-refractivity contribution in [3.05, 3.63) is 24.3 Å². The summed E-state index contributed by atoms with van der Waals surface area (Å²) in [5.74, 6) is -1.02. The molecule has 1 saturated heterocycles. The maximum atomic E-state index is 12.5. The molecule has 156 valence electrons. The molecule has 1 aliphatic carbocycles. The van der Waals surface area contributed by atoms with Gasteiger partial charge >= 0.3 is 12.0 Å². The summed E-state index contributed by atoms with van der Waals surface area (Å²) in [7, 11) is 0. The molecule has 2 fully saturated rings. The number of esters is 1. The number of ether oxygens (including phenoxy) is 2. The number of nitrogens with one attached hydrogen (secondary N) is 2. The number of rotatable bonds is 8. The van der Waals surface area contributed by atoms with Crippen molar-refractivity contribution < 1.29 is 28.7 Å². The molecular weight excluding hydrogens is 378 g/mol. The molecule has 3 rings (SSSR count). The van der Waals surface area contributed by atoms with Gasteiger partial charge in [0.15, 0.2) is 6.10 Å². The number of imide groups is 1. The lowest BCUT2D eigenvalue weighted by molar-refractivity contribution is -0.155. The van der Waals surface area contributed by atoms with Crippen LogP contribution >= 0.6 is 0 Å². The monoisotopic (exact) mass is 403 g/mol. The second-order valence-electron chi connectivity index (χ2n) is 7.38. The molecule has 2 N–H and O–H groups in total. The van der Waals surface area contributed by atoms with Gasteiger partial charge in [-0.1, -0.05) is 0 Å². The van der Waals surface area contributed by atoms with Crippen LogP contribution in [0, 0.1) is 5.92 Å². The van der Waals surface area contributed by atoms with Crippen LogP contribution in [0.2, 0.25) is 0 Å². The molecule has 0 radical (unpaired) electrons. The second-order valence-corrected chi connectivity index (χ2v) is 7.38. The molecule has 0 aromatic heterocycles. The Hall–Kier alpha value is -3.10. The highest BCUT2D eigenvalue weighted by Gasteiger charge is 2.56. The minimum atomic E-state index is -1.09. The number of nitrogens with zero attached hydrogens (tertiary/aromatic N) is 1. The summed E-state index contributed by atoms with van der Waals surface area (Å²) in [6.45, 7) is 4.96. The van der Waals surface area contributed by atoms with Crippen LogP contribution in [0.5, 0.6) is 5.75 Å². The predicted octanol–water partition coefficient (Wildman–Crippen LogP) is 1.68. The maximum absolute atomic E-state index is 12.5. The molecule has 0 spiro atoms. The fraction of sp³-hybridized carbons (Fsp3) is 0.500. The molecule has 1 saturated carbocycles. The Labute approximate surface area is 168 Å². The normalized spacial score (nSPS) is 22.1. The molecule has 1 aromatic rings. The van der Waals surface area contributed by atoms with Gasteiger partial charge in [-0.2, -0.15) is 0 Å². The predicted molar refractivity (Wildman–Crippen MR) is 103 cm³/mol. The number of carbonyl (C=O) groups is 4. The zero-order chi connectivity index (χ0) is 21.2. The molecule has 4 amide bonds. The third kappa shape index (κ3) is 4.49. The van der Waals surface area contributed by atoms with Crippen LogP contribution in [0.25, 0.3) is 0 Å². The Morgan fingerprint density at radius 1 is 1.28 bits per heavy atom. The van der Waals surface area contributed by atoms with Crippen LogP contribution in [-0.2, 0) is 19.1 Å². The van der Waals surface area contributed by atoms with Crippen LogP contribution in [0.4, 0.5) is 10.5 Å². The Bertz CT molecular complexity index is 820. The molecule has 9 nitrogen and oxygen atoms in total. The van der Waals surface area contributed by atoms with Gasteiger partial charge in [-0.25, -0.2) is 4.79 Å². The summed E-state index contributed by atoms with van der Waals surface area (Å²) in [6, 6.07) is 6.15. The van der Waals surface area contributed by atoms with E-state index in [-0.39, 0.29) is 5.92 Å². The van der Waals surface area contributed by atoms with Gasteiger partial charge in [0.25, 0.3) is 11.8 Å². The van der Waals surface area contributed by atoms with Crippen molar-refractivity contribution in [1.82, 2.24) is 10.2 Å². The van der Waals surface area contributed by atoms with E-state index in [1.807, 2.05) is 6.92 Å². The molecule has 1 aromatic carbocycles. The summed E-state index contributed by atoms with van der Waals surface area (Å²) < 4.78 is 10.4. The van der Waals surface area contributed by atoms with Crippen LogP contribution in [0.15, 0.2) is 24.3 Å². The lowest BCUT2D eigenvalue weighted by atomic mass is 9.96. The highest BCUT2D eigenvalue weighted by molar-refractivity contribution is 6.09. The maximum Gasteiger partial charge on any atom is 0.327 e. The molecule has 1 heterocycles. The minimum absolute atomic E-state index is 0.0961. The average molecular weight is 403 g/mol. The van der Waals surface area contributed by atoms with Crippen molar-refractivity contribution >= 4 is 29.5 Å². The van der Waals surface area contributed by atoms with Crippen LogP contribution in [0.3, 0.4) is 0 Å². The highest BCUT2D eigenvalue weighted by Crippen LogP contribution is 2.42. The Balaban J connectivity index is 1.51. The van der Waals surface area contributed by atoms with E-state index in [1.165, 1.54) is 6.92 Å². The van der Waals surface area contributed by atoms with Gasteiger partial charge in [-0.05, 0) is 63.8 Å². The van der Waals surface area contributed by atoms with E-state index < -0.39 is 42.0 Å². The lowest BCUT2D eigenvalue weighted by Gasteiger charge is -2.21. The number of amides is 4. The third-order valence-corrected chi connectivity index (χ3v) is 5.09. The summed E-state index contributed by atoms with van der Waals surface area (Å²) in [4.78, 5) is 49.9. The van der Waals surface area contributed by atoms with Crippen LogP contribution in [-0.4, -0.2) is 53.5 Å². The first-order chi connectivity index (χ1) is 13.7. The Morgan fingerprint density at radius 2 is 1.93 bits per heavy atom. The first-order valence-corrected chi connectivity index (χ1v) is 9.62. The van der Waals surface area contributed by atoms with Crippen molar-refractivity contribution in [2.24, 2.45) is 5.92 Å². The van der Waals surface area contributed by atoms with E-state index in [0.29, 0.717) is 18.0 Å². The summed E-state index contributed by atoms with van der Waals surface area (Å²) in [5, 5.41) is 5.29. The number of urea groups is 1. The average Bonchev–Trinajstić information content (AvgIpc) is 3.49. The second kappa shape index (κ2) is 8.10. The third-order valence-electron chi connectivity index (χ3n) is 5.09. The van der Waals surface area contributed by atoms with Gasteiger partial charge in [0.05, 0.1) is 6.61 Å². The van der Waals surface area contributed by atoms with E-state index >= 15 is 0 Å². The van der Waals surface area contributed by atoms with E-state index in [2.05, 4.69) is 10.6 Å².